The summed E-state index contributed by atoms with van der Waals surface area (Å²) in [7, 11) is 0. The van der Waals surface area contributed by atoms with E-state index in [0.717, 1.165) is 77.3 Å². The molecule has 0 aliphatic carbocycles. The molecular formula is C18H35IN4O2. The van der Waals surface area contributed by atoms with Crippen molar-refractivity contribution in [3.63, 3.8) is 0 Å². The molecule has 2 aliphatic rings. The van der Waals surface area contributed by atoms with Crippen LogP contribution in [0.5, 0.6) is 0 Å². The molecule has 2 rings (SSSR count). The molecule has 2 fully saturated rings. The summed E-state index contributed by atoms with van der Waals surface area (Å²) < 4.78 is 5.79. The van der Waals surface area contributed by atoms with Crippen LogP contribution in [-0.2, 0) is 9.53 Å². The van der Waals surface area contributed by atoms with Gasteiger partial charge >= 0.3 is 0 Å². The number of carbonyl (C=O) groups is 1. The number of likely N-dealkylation sites (tertiary alicyclic amines) is 1. The zero-order valence-corrected chi connectivity index (χ0v) is 18.1. The molecule has 0 bridgehead atoms. The van der Waals surface area contributed by atoms with Gasteiger partial charge < -0.3 is 20.3 Å². The quantitative estimate of drug-likeness (QED) is 0.262. The third-order valence-corrected chi connectivity index (χ3v) is 4.78. The molecule has 0 spiro atoms. The second-order valence-electron chi connectivity index (χ2n) is 7.07. The predicted octanol–water partition coefficient (Wildman–Crippen LogP) is 2.52. The van der Waals surface area contributed by atoms with E-state index in [2.05, 4.69) is 29.5 Å². The first-order valence-electron chi connectivity index (χ1n) is 9.57. The molecule has 2 N–H and O–H groups in total. The molecule has 6 nitrogen and oxygen atoms in total. The average molecular weight is 466 g/mol. The van der Waals surface area contributed by atoms with Gasteiger partial charge in [0.15, 0.2) is 5.96 Å². The SMILES string of the molecule is CCNC(=NCC1(C)CCCO1)NCCCN1CCCCCC1=O.I. The molecule has 7 heteroatoms. The predicted molar refractivity (Wildman–Crippen MR) is 113 cm³/mol. The molecule has 2 heterocycles. The zero-order chi connectivity index (χ0) is 17.3. The van der Waals surface area contributed by atoms with Crippen molar-refractivity contribution >= 4 is 35.8 Å². The van der Waals surface area contributed by atoms with Crippen molar-refractivity contribution in [2.45, 2.75) is 64.4 Å². The van der Waals surface area contributed by atoms with Gasteiger partial charge in [-0.3, -0.25) is 9.79 Å². The number of hydrogen-bond donors (Lipinski definition) is 2. The lowest BCUT2D eigenvalue weighted by Crippen LogP contribution is -2.40. The second-order valence-corrected chi connectivity index (χ2v) is 7.07. The minimum absolute atomic E-state index is 0. The number of ether oxygens (including phenoxy) is 1. The highest BCUT2D eigenvalue weighted by molar-refractivity contribution is 14.0. The summed E-state index contributed by atoms with van der Waals surface area (Å²) in [6.45, 7) is 9.17. The Morgan fingerprint density at radius 1 is 1.28 bits per heavy atom. The number of aliphatic imine (C=N–C) groups is 1. The Bertz CT molecular complexity index is 425. The molecular weight excluding hydrogens is 431 g/mol. The lowest BCUT2D eigenvalue weighted by Gasteiger charge is -2.22. The van der Waals surface area contributed by atoms with Crippen molar-refractivity contribution in [3.05, 3.63) is 0 Å². The largest absolute Gasteiger partial charge is 0.373 e. The van der Waals surface area contributed by atoms with Gasteiger partial charge in [-0.1, -0.05) is 6.42 Å². The minimum atomic E-state index is -0.110. The molecule has 0 saturated carbocycles. The van der Waals surface area contributed by atoms with Crippen molar-refractivity contribution in [3.8, 4) is 0 Å². The normalized spacial score (nSPS) is 24.6. The van der Waals surface area contributed by atoms with E-state index in [4.69, 9.17) is 4.74 Å². The molecule has 1 unspecified atom stereocenters. The first kappa shape index (κ1) is 22.5. The first-order chi connectivity index (χ1) is 11.6. The molecule has 2 aliphatic heterocycles. The molecule has 1 atom stereocenters. The maximum absolute atomic E-state index is 12.0. The van der Waals surface area contributed by atoms with Gasteiger partial charge in [0.1, 0.15) is 0 Å². The van der Waals surface area contributed by atoms with Crippen LogP contribution in [0.1, 0.15) is 58.8 Å². The van der Waals surface area contributed by atoms with E-state index in [1.807, 2.05) is 4.90 Å². The summed E-state index contributed by atoms with van der Waals surface area (Å²) in [5, 5.41) is 6.66. The topological polar surface area (TPSA) is 66.0 Å². The molecule has 1 amide bonds. The van der Waals surface area contributed by atoms with Crippen LogP contribution in [-0.4, -0.2) is 61.7 Å². The van der Waals surface area contributed by atoms with E-state index in [-0.39, 0.29) is 29.6 Å². The van der Waals surface area contributed by atoms with Gasteiger partial charge in [0, 0.05) is 39.2 Å². The number of nitrogens with one attached hydrogen (secondary N) is 2. The fourth-order valence-corrected chi connectivity index (χ4v) is 3.30. The molecule has 0 radical (unpaired) electrons. The smallest absolute Gasteiger partial charge is 0.222 e. The van der Waals surface area contributed by atoms with Gasteiger partial charge in [-0.15, -0.1) is 24.0 Å². The van der Waals surface area contributed by atoms with Crippen molar-refractivity contribution in [2.75, 3.05) is 39.3 Å². The van der Waals surface area contributed by atoms with Gasteiger partial charge in [-0.25, -0.2) is 0 Å². The highest BCUT2D eigenvalue weighted by Gasteiger charge is 2.29. The monoisotopic (exact) mass is 466 g/mol. The number of rotatable bonds is 7. The van der Waals surface area contributed by atoms with E-state index < -0.39 is 0 Å². The fraction of sp³-hybridized carbons (Fsp3) is 0.889. The van der Waals surface area contributed by atoms with E-state index in [1.54, 1.807) is 0 Å². The van der Waals surface area contributed by atoms with Crippen LogP contribution in [0.4, 0.5) is 0 Å². The highest BCUT2D eigenvalue weighted by atomic mass is 127. The number of carbonyl (C=O) groups excluding carboxylic acids is 1. The minimum Gasteiger partial charge on any atom is -0.373 e. The maximum Gasteiger partial charge on any atom is 0.222 e. The molecule has 25 heavy (non-hydrogen) atoms. The summed E-state index contributed by atoms with van der Waals surface area (Å²) in [4.78, 5) is 18.7. The highest BCUT2D eigenvalue weighted by Crippen LogP contribution is 2.24. The Balaban J connectivity index is 0.00000312. The van der Waals surface area contributed by atoms with Crippen LogP contribution < -0.4 is 10.6 Å². The van der Waals surface area contributed by atoms with Crippen molar-refractivity contribution in [1.29, 1.82) is 0 Å². The lowest BCUT2D eigenvalue weighted by molar-refractivity contribution is -0.130. The first-order valence-corrected chi connectivity index (χ1v) is 9.57. The van der Waals surface area contributed by atoms with E-state index in [0.29, 0.717) is 12.5 Å². The summed E-state index contributed by atoms with van der Waals surface area (Å²) in [6, 6.07) is 0. The Labute approximate surface area is 169 Å². The van der Waals surface area contributed by atoms with E-state index in [1.165, 1.54) is 6.42 Å². The second kappa shape index (κ2) is 11.9. The summed E-state index contributed by atoms with van der Waals surface area (Å²) in [6.07, 6.45) is 7.24. The molecule has 146 valence electrons. The van der Waals surface area contributed by atoms with Crippen LogP contribution in [0.25, 0.3) is 0 Å². The van der Waals surface area contributed by atoms with Crippen molar-refractivity contribution in [2.24, 2.45) is 4.99 Å². The Morgan fingerprint density at radius 3 is 2.84 bits per heavy atom. The number of guanidine groups is 1. The Kier molecular flexibility index (Phi) is 10.7. The van der Waals surface area contributed by atoms with E-state index in [9.17, 15) is 4.79 Å². The third kappa shape index (κ3) is 8.11. The summed E-state index contributed by atoms with van der Waals surface area (Å²) >= 11 is 0. The van der Waals surface area contributed by atoms with Crippen molar-refractivity contribution < 1.29 is 9.53 Å². The van der Waals surface area contributed by atoms with Crippen LogP contribution in [0, 0.1) is 0 Å². The van der Waals surface area contributed by atoms with Gasteiger partial charge in [0.2, 0.25) is 5.91 Å². The standard InChI is InChI=1S/C18H34N4O2.HI/c1-3-19-17(21-15-18(2)10-7-14-24-18)20-11-8-13-22-12-6-4-5-9-16(22)23;/h3-15H2,1-2H3,(H2,19,20,21);1H. The van der Waals surface area contributed by atoms with Gasteiger partial charge in [0.25, 0.3) is 0 Å². The number of amides is 1. The van der Waals surface area contributed by atoms with Crippen LogP contribution in [0.2, 0.25) is 0 Å². The third-order valence-electron chi connectivity index (χ3n) is 4.78. The van der Waals surface area contributed by atoms with Crippen molar-refractivity contribution in [1.82, 2.24) is 15.5 Å². The molecule has 0 aromatic carbocycles. The lowest BCUT2D eigenvalue weighted by atomic mass is 10.0. The van der Waals surface area contributed by atoms with Gasteiger partial charge in [-0.05, 0) is 46.0 Å². The van der Waals surface area contributed by atoms with E-state index >= 15 is 0 Å². The maximum atomic E-state index is 12.0. The molecule has 0 aromatic heterocycles. The molecule has 2 saturated heterocycles. The van der Waals surface area contributed by atoms with Crippen LogP contribution in [0.15, 0.2) is 4.99 Å². The zero-order valence-electron chi connectivity index (χ0n) is 15.8. The Morgan fingerprint density at radius 2 is 2.12 bits per heavy atom. The summed E-state index contributed by atoms with van der Waals surface area (Å²) in [5.74, 6) is 1.16. The number of hydrogen-bond acceptors (Lipinski definition) is 3. The van der Waals surface area contributed by atoms with Crippen LogP contribution in [0.3, 0.4) is 0 Å². The number of halogens is 1. The number of nitrogens with zero attached hydrogens (tertiary/aromatic N) is 2. The van der Waals surface area contributed by atoms with Crippen LogP contribution >= 0.6 is 24.0 Å². The van der Waals surface area contributed by atoms with Gasteiger partial charge in [-0.2, -0.15) is 0 Å². The van der Waals surface area contributed by atoms with Gasteiger partial charge in [0.05, 0.1) is 12.1 Å². The average Bonchev–Trinajstić information content (AvgIpc) is 2.90. The molecule has 0 aromatic rings. The Hall–Kier alpha value is -0.570. The fourth-order valence-electron chi connectivity index (χ4n) is 3.30. The summed E-state index contributed by atoms with van der Waals surface area (Å²) in [5.41, 5.74) is -0.110.